The third-order valence-electron chi connectivity index (χ3n) is 6.47. The molecule has 1 N–H and O–H groups in total. The highest BCUT2D eigenvalue weighted by atomic mass is 35.5. The molecule has 0 spiro atoms. The van der Waals surface area contributed by atoms with E-state index in [1.54, 1.807) is 24.3 Å². The van der Waals surface area contributed by atoms with E-state index in [1.807, 2.05) is 43.3 Å². The predicted molar refractivity (Wildman–Crippen MR) is 131 cm³/mol. The molecule has 6 heteroatoms. The van der Waals surface area contributed by atoms with Gasteiger partial charge in [-0.15, -0.1) is 0 Å². The molecular formula is C25H35ClNO3P. The van der Waals surface area contributed by atoms with Gasteiger partial charge in [0.05, 0.1) is 6.10 Å². The van der Waals surface area contributed by atoms with Crippen molar-refractivity contribution in [3.63, 3.8) is 0 Å². The fraction of sp³-hybridized carbons (Fsp3) is 0.520. The van der Waals surface area contributed by atoms with Gasteiger partial charge in [-0.2, -0.15) is 0 Å². The van der Waals surface area contributed by atoms with Gasteiger partial charge >= 0.3 is 0 Å². The van der Waals surface area contributed by atoms with E-state index in [-0.39, 0.29) is 6.10 Å². The van der Waals surface area contributed by atoms with E-state index < -0.39 is 13.2 Å². The third kappa shape index (κ3) is 5.54. The Morgan fingerprint density at radius 2 is 1.68 bits per heavy atom. The number of hydrogen-bond donors (Lipinski definition) is 1. The lowest BCUT2D eigenvalue weighted by Gasteiger charge is -2.40. The fourth-order valence-corrected chi connectivity index (χ4v) is 6.91. The van der Waals surface area contributed by atoms with Gasteiger partial charge in [0.25, 0.3) is 7.37 Å². The number of benzene rings is 2. The lowest BCUT2D eigenvalue weighted by Crippen LogP contribution is -2.35. The molecule has 170 valence electrons. The molecule has 4 nitrogen and oxygen atoms in total. The highest BCUT2D eigenvalue weighted by Crippen LogP contribution is 2.60. The zero-order valence-electron chi connectivity index (χ0n) is 19.2. The van der Waals surface area contributed by atoms with Crippen LogP contribution < -0.4 is 10.2 Å². The Morgan fingerprint density at radius 3 is 2.23 bits per heavy atom. The van der Waals surface area contributed by atoms with Crippen molar-refractivity contribution >= 4 is 30.0 Å². The summed E-state index contributed by atoms with van der Waals surface area (Å²) in [5.74, 6) is 0.00925. The maximum atomic E-state index is 14.5. The first-order valence-electron chi connectivity index (χ1n) is 11.1. The average Bonchev–Trinajstić information content (AvgIpc) is 2.73. The smallest absolute Gasteiger partial charge is 0.264 e. The monoisotopic (exact) mass is 463 g/mol. The number of halogens is 1. The van der Waals surface area contributed by atoms with E-state index in [2.05, 4.69) is 20.8 Å². The summed E-state index contributed by atoms with van der Waals surface area (Å²) in [5, 5.41) is 12.5. The number of anilines is 1. The third-order valence-corrected chi connectivity index (χ3v) is 9.27. The first-order valence-corrected chi connectivity index (χ1v) is 13.2. The van der Waals surface area contributed by atoms with Crippen molar-refractivity contribution in [1.29, 1.82) is 0 Å². The molecule has 5 atom stereocenters. The van der Waals surface area contributed by atoms with Crippen LogP contribution in [0.15, 0.2) is 48.5 Å². The normalized spacial score (nSPS) is 24.6. The summed E-state index contributed by atoms with van der Waals surface area (Å²) in [5.41, 5.74) is 1.55. The molecule has 31 heavy (non-hydrogen) atoms. The summed E-state index contributed by atoms with van der Waals surface area (Å²) in [6.07, 6.45) is 2.92. The molecule has 0 heterocycles. The van der Waals surface area contributed by atoms with Gasteiger partial charge in [0.1, 0.15) is 0 Å². The molecule has 2 aromatic rings. The number of nitrogens with zero attached hydrogens (tertiary/aromatic N) is 1. The quantitative estimate of drug-likeness (QED) is 0.477. The number of hydrogen-bond acceptors (Lipinski definition) is 4. The van der Waals surface area contributed by atoms with Gasteiger partial charge in [-0.3, -0.25) is 4.57 Å². The Hall–Kier alpha value is -1.32. The van der Waals surface area contributed by atoms with Crippen molar-refractivity contribution in [3.8, 4) is 0 Å². The first-order chi connectivity index (χ1) is 14.6. The molecule has 0 radical (unpaired) electrons. The molecule has 2 aromatic carbocycles. The SMILES string of the molecule is CC(C)[C@@H]1CC[C@H](C)C[C@H]1O[P@@](=O)(c1ccc(N(C)C)cc1)[C@H](O)c1ccc(Cl)cc1. The summed E-state index contributed by atoms with van der Waals surface area (Å²) < 4.78 is 21.0. The Labute approximate surface area is 192 Å². The maximum absolute atomic E-state index is 14.5. The van der Waals surface area contributed by atoms with Crippen LogP contribution in [0.25, 0.3) is 0 Å². The van der Waals surface area contributed by atoms with Crippen LogP contribution in [0.3, 0.4) is 0 Å². The van der Waals surface area contributed by atoms with Crippen LogP contribution >= 0.6 is 19.0 Å². The van der Waals surface area contributed by atoms with Gasteiger partial charge in [0, 0.05) is 30.1 Å². The predicted octanol–water partition coefficient (Wildman–Crippen LogP) is 6.48. The molecule has 3 rings (SSSR count). The Morgan fingerprint density at radius 1 is 1.06 bits per heavy atom. The van der Waals surface area contributed by atoms with Crippen molar-refractivity contribution < 1.29 is 14.2 Å². The molecule has 0 aromatic heterocycles. The molecule has 1 fully saturated rings. The Kier molecular flexibility index (Phi) is 7.91. The minimum absolute atomic E-state index is 0.148. The van der Waals surface area contributed by atoms with Gasteiger partial charge in [-0.05, 0) is 72.6 Å². The molecule has 0 saturated heterocycles. The maximum Gasteiger partial charge on any atom is 0.264 e. The van der Waals surface area contributed by atoms with Crippen molar-refractivity contribution in [2.75, 3.05) is 19.0 Å². The Bertz CT molecular complexity index is 898. The van der Waals surface area contributed by atoms with Crippen LogP contribution in [0.1, 0.15) is 51.4 Å². The summed E-state index contributed by atoms with van der Waals surface area (Å²) in [7, 11) is 0.297. The molecule has 0 bridgehead atoms. The summed E-state index contributed by atoms with van der Waals surface area (Å²) in [6, 6.07) is 14.4. The standard InChI is InChI=1S/C25H35ClNO3P/c1-17(2)23-15-6-18(3)16-24(23)30-31(29,22-13-11-21(12-14-22)27(4)5)25(28)19-7-9-20(26)10-8-19/h7-14,17-18,23-25,28H,6,15-16H2,1-5H3/t18-,23-,24+,25-,31-/m0/s1. The second-order valence-corrected chi connectivity index (χ2v) is 12.2. The molecule has 0 unspecified atom stereocenters. The average molecular weight is 464 g/mol. The summed E-state index contributed by atoms with van der Waals surface area (Å²) in [6.45, 7) is 6.62. The fourth-order valence-electron chi connectivity index (χ4n) is 4.49. The molecule has 0 aliphatic heterocycles. The van der Waals surface area contributed by atoms with Crippen LogP contribution in [0.5, 0.6) is 0 Å². The lowest BCUT2D eigenvalue weighted by atomic mass is 9.75. The van der Waals surface area contributed by atoms with Crippen molar-refractivity contribution in [2.24, 2.45) is 17.8 Å². The van der Waals surface area contributed by atoms with E-state index in [9.17, 15) is 9.67 Å². The van der Waals surface area contributed by atoms with Crippen LogP contribution in [0.4, 0.5) is 5.69 Å². The van der Waals surface area contributed by atoms with E-state index in [1.165, 1.54) is 0 Å². The minimum Gasteiger partial charge on any atom is -0.378 e. The molecule has 0 amide bonds. The number of aliphatic hydroxyl groups excluding tert-OH is 1. The highest BCUT2D eigenvalue weighted by Gasteiger charge is 2.42. The van der Waals surface area contributed by atoms with Gasteiger partial charge in [0.15, 0.2) is 5.85 Å². The minimum atomic E-state index is -3.63. The van der Waals surface area contributed by atoms with Crippen molar-refractivity contribution in [2.45, 2.75) is 52.0 Å². The van der Waals surface area contributed by atoms with Gasteiger partial charge < -0.3 is 14.5 Å². The van der Waals surface area contributed by atoms with Crippen LogP contribution in [-0.2, 0) is 9.09 Å². The van der Waals surface area contributed by atoms with Crippen molar-refractivity contribution in [3.05, 3.63) is 59.1 Å². The first kappa shape index (κ1) is 24.3. The molecule has 1 saturated carbocycles. The topological polar surface area (TPSA) is 49.8 Å². The molecular weight excluding hydrogens is 429 g/mol. The van der Waals surface area contributed by atoms with Gasteiger partial charge in [0.2, 0.25) is 0 Å². The van der Waals surface area contributed by atoms with Crippen LogP contribution in [-0.4, -0.2) is 25.3 Å². The van der Waals surface area contributed by atoms with E-state index in [0.29, 0.717) is 33.6 Å². The zero-order valence-corrected chi connectivity index (χ0v) is 20.8. The molecule has 1 aliphatic rings. The zero-order chi connectivity index (χ0) is 22.8. The van der Waals surface area contributed by atoms with E-state index >= 15 is 0 Å². The molecule has 1 aliphatic carbocycles. The van der Waals surface area contributed by atoms with Gasteiger partial charge in [-0.1, -0.05) is 50.9 Å². The van der Waals surface area contributed by atoms with E-state index in [0.717, 1.165) is 24.9 Å². The number of rotatable bonds is 7. The number of aliphatic hydroxyl groups is 1. The van der Waals surface area contributed by atoms with Crippen molar-refractivity contribution in [1.82, 2.24) is 0 Å². The second-order valence-electron chi connectivity index (χ2n) is 9.40. The summed E-state index contributed by atoms with van der Waals surface area (Å²) in [4.78, 5) is 1.99. The summed E-state index contributed by atoms with van der Waals surface area (Å²) >= 11 is 6.03. The second kappa shape index (κ2) is 10.1. The Balaban J connectivity index is 2.02. The highest BCUT2D eigenvalue weighted by molar-refractivity contribution is 7.67. The van der Waals surface area contributed by atoms with Crippen LogP contribution in [0.2, 0.25) is 5.02 Å². The lowest BCUT2D eigenvalue weighted by molar-refractivity contribution is 0.0427. The van der Waals surface area contributed by atoms with E-state index in [4.69, 9.17) is 16.1 Å². The van der Waals surface area contributed by atoms with Crippen LogP contribution in [0, 0.1) is 17.8 Å². The van der Waals surface area contributed by atoms with Gasteiger partial charge in [-0.25, -0.2) is 0 Å². The largest absolute Gasteiger partial charge is 0.378 e.